The van der Waals surface area contributed by atoms with Crippen molar-refractivity contribution in [2.45, 2.75) is 12.5 Å². The first-order valence-corrected chi connectivity index (χ1v) is 5.53. The Bertz CT molecular complexity index is 478. The Hall–Kier alpha value is -0.690. The van der Waals surface area contributed by atoms with Crippen molar-refractivity contribution < 1.29 is 4.74 Å². The zero-order valence-corrected chi connectivity index (χ0v) is 9.48. The van der Waals surface area contributed by atoms with Gasteiger partial charge in [-0.1, -0.05) is 0 Å². The van der Waals surface area contributed by atoms with Gasteiger partial charge in [0.05, 0.1) is 12.0 Å². The molecular weight excluding hydrogens is 293 g/mol. The van der Waals surface area contributed by atoms with Crippen LogP contribution in [0, 0.1) is 3.57 Å². The molecule has 2 aromatic rings. The van der Waals surface area contributed by atoms with Crippen LogP contribution in [0.2, 0.25) is 0 Å². The van der Waals surface area contributed by atoms with Gasteiger partial charge in [-0.3, -0.25) is 0 Å². The van der Waals surface area contributed by atoms with Gasteiger partial charge in [0, 0.05) is 22.4 Å². The second kappa shape index (κ2) is 3.16. The summed E-state index contributed by atoms with van der Waals surface area (Å²) in [5.41, 5.74) is 0.898. The fourth-order valence-electron chi connectivity index (χ4n) is 1.48. The van der Waals surface area contributed by atoms with E-state index in [2.05, 4.69) is 37.5 Å². The standard InChI is InChI=1S/C9H8IN3O/c10-6-4-12-8-5(6)3-11-9(13-8)7-1-2-14-7/h3-4,7H,1-2H2,(H,11,12,13). The molecule has 3 rings (SSSR count). The maximum absolute atomic E-state index is 5.33. The van der Waals surface area contributed by atoms with Gasteiger partial charge in [-0.05, 0) is 22.6 Å². The zero-order valence-electron chi connectivity index (χ0n) is 7.33. The average molecular weight is 301 g/mol. The zero-order chi connectivity index (χ0) is 9.54. The van der Waals surface area contributed by atoms with Crippen LogP contribution in [0.3, 0.4) is 0 Å². The van der Waals surface area contributed by atoms with Gasteiger partial charge in [0.25, 0.3) is 0 Å². The summed E-state index contributed by atoms with van der Waals surface area (Å²) in [6.45, 7) is 0.828. The molecule has 1 fully saturated rings. The molecule has 2 aromatic heterocycles. The molecule has 4 nitrogen and oxygen atoms in total. The lowest BCUT2D eigenvalue weighted by Crippen LogP contribution is -2.20. The third-order valence-corrected chi connectivity index (χ3v) is 3.28. The average Bonchev–Trinajstić information content (AvgIpc) is 2.45. The SMILES string of the molecule is Ic1c[nH]c2nc(C3CCO3)ncc12. The number of hydrogen-bond acceptors (Lipinski definition) is 3. The minimum atomic E-state index is 0.111. The molecule has 14 heavy (non-hydrogen) atoms. The number of H-pyrrole nitrogens is 1. The number of fused-ring (bicyclic) bond motifs is 1. The molecule has 1 aliphatic heterocycles. The Kier molecular flexibility index (Phi) is 1.94. The maximum atomic E-state index is 5.33. The highest BCUT2D eigenvalue weighted by Gasteiger charge is 2.23. The van der Waals surface area contributed by atoms with Gasteiger partial charge in [-0.25, -0.2) is 9.97 Å². The molecule has 0 amide bonds. The Balaban J connectivity index is 2.10. The minimum absolute atomic E-state index is 0.111. The number of rotatable bonds is 1. The molecule has 0 radical (unpaired) electrons. The van der Waals surface area contributed by atoms with Crippen molar-refractivity contribution in [1.29, 1.82) is 0 Å². The summed E-state index contributed by atoms with van der Waals surface area (Å²) >= 11 is 2.26. The lowest BCUT2D eigenvalue weighted by atomic mass is 10.2. The molecule has 1 saturated heterocycles. The second-order valence-electron chi connectivity index (χ2n) is 3.28. The van der Waals surface area contributed by atoms with Gasteiger partial charge in [0.1, 0.15) is 11.8 Å². The molecule has 1 unspecified atom stereocenters. The van der Waals surface area contributed by atoms with E-state index in [0.29, 0.717) is 0 Å². The molecule has 0 saturated carbocycles. The third kappa shape index (κ3) is 1.23. The van der Waals surface area contributed by atoms with Crippen LogP contribution in [0.4, 0.5) is 0 Å². The summed E-state index contributed by atoms with van der Waals surface area (Å²) in [4.78, 5) is 11.8. The van der Waals surface area contributed by atoms with Crippen LogP contribution in [-0.2, 0) is 4.74 Å². The number of nitrogens with one attached hydrogen (secondary N) is 1. The quantitative estimate of drug-likeness (QED) is 0.820. The van der Waals surface area contributed by atoms with Crippen LogP contribution >= 0.6 is 22.6 Å². The van der Waals surface area contributed by atoms with Crippen LogP contribution in [0.15, 0.2) is 12.4 Å². The van der Waals surface area contributed by atoms with Crippen molar-refractivity contribution in [3.8, 4) is 0 Å². The lowest BCUT2D eigenvalue weighted by Gasteiger charge is -2.24. The molecule has 72 valence electrons. The van der Waals surface area contributed by atoms with Gasteiger partial charge < -0.3 is 9.72 Å². The van der Waals surface area contributed by atoms with Gasteiger partial charge in [-0.2, -0.15) is 0 Å². The van der Waals surface area contributed by atoms with Gasteiger partial charge in [0.15, 0.2) is 5.82 Å². The summed E-state index contributed by atoms with van der Waals surface area (Å²) in [6.07, 6.45) is 4.94. The summed E-state index contributed by atoms with van der Waals surface area (Å²) in [6, 6.07) is 0. The number of halogens is 1. The van der Waals surface area contributed by atoms with Crippen molar-refractivity contribution in [3.63, 3.8) is 0 Å². The Morgan fingerprint density at radius 3 is 3.14 bits per heavy atom. The first kappa shape index (κ1) is 8.60. The Morgan fingerprint density at radius 1 is 1.57 bits per heavy atom. The summed E-state index contributed by atoms with van der Waals surface area (Å²) < 4.78 is 6.48. The van der Waals surface area contributed by atoms with Gasteiger partial charge >= 0.3 is 0 Å². The molecule has 5 heteroatoms. The van der Waals surface area contributed by atoms with Crippen LogP contribution < -0.4 is 0 Å². The summed E-state index contributed by atoms with van der Waals surface area (Å²) in [7, 11) is 0. The van der Waals surface area contributed by atoms with Crippen molar-refractivity contribution in [3.05, 3.63) is 21.8 Å². The highest BCUT2D eigenvalue weighted by Crippen LogP contribution is 2.27. The van der Waals surface area contributed by atoms with E-state index < -0.39 is 0 Å². The number of aromatic amines is 1. The summed E-state index contributed by atoms with van der Waals surface area (Å²) in [5, 5.41) is 1.08. The highest BCUT2D eigenvalue weighted by molar-refractivity contribution is 14.1. The van der Waals surface area contributed by atoms with E-state index in [0.717, 1.165) is 33.5 Å². The molecule has 1 N–H and O–H groups in total. The minimum Gasteiger partial charge on any atom is -0.370 e. The molecule has 0 aromatic carbocycles. The molecule has 1 aliphatic rings. The summed E-state index contributed by atoms with van der Waals surface area (Å²) in [5.74, 6) is 0.794. The van der Waals surface area contributed by atoms with Crippen LogP contribution in [-0.4, -0.2) is 21.6 Å². The number of hydrogen-bond donors (Lipinski definition) is 1. The lowest BCUT2D eigenvalue weighted by molar-refractivity contribution is -0.0578. The number of ether oxygens (including phenoxy) is 1. The fourth-order valence-corrected chi connectivity index (χ4v) is 2.03. The topological polar surface area (TPSA) is 50.8 Å². The molecule has 3 heterocycles. The van der Waals surface area contributed by atoms with E-state index in [-0.39, 0.29) is 6.10 Å². The van der Waals surface area contributed by atoms with Crippen LogP contribution in [0.5, 0.6) is 0 Å². The first-order chi connectivity index (χ1) is 6.84. The Morgan fingerprint density at radius 2 is 2.43 bits per heavy atom. The number of aromatic nitrogens is 3. The second-order valence-corrected chi connectivity index (χ2v) is 4.44. The van der Waals surface area contributed by atoms with E-state index in [4.69, 9.17) is 4.74 Å². The predicted octanol–water partition coefficient (Wildman–Crippen LogP) is 2.02. The Labute approximate surface area is 94.2 Å². The van der Waals surface area contributed by atoms with Gasteiger partial charge in [-0.15, -0.1) is 0 Å². The van der Waals surface area contributed by atoms with Crippen LogP contribution in [0.1, 0.15) is 18.3 Å². The van der Waals surface area contributed by atoms with E-state index in [1.54, 1.807) is 0 Å². The van der Waals surface area contributed by atoms with Crippen LogP contribution in [0.25, 0.3) is 11.0 Å². The largest absolute Gasteiger partial charge is 0.370 e. The van der Waals surface area contributed by atoms with E-state index >= 15 is 0 Å². The molecule has 0 spiro atoms. The van der Waals surface area contributed by atoms with Crippen molar-refractivity contribution in [1.82, 2.24) is 15.0 Å². The van der Waals surface area contributed by atoms with Crippen molar-refractivity contribution in [2.75, 3.05) is 6.61 Å². The number of nitrogens with zero attached hydrogens (tertiary/aromatic N) is 2. The smallest absolute Gasteiger partial charge is 0.159 e. The molecular formula is C9H8IN3O. The predicted molar refractivity (Wildman–Crippen MR) is 59.9 cm³/mol. The van der Waals surface area contributed by atoms with E-state index in [9.17, 15) is 0 Å². The van der Waals surface area contributed by atoms with E-state index in [1.807, 2.05) is 12.4 Å². The maximum Gasteiger partial charge on any atom is 0.159 e. The molecule has 1 atom stereocenters. The normalized spacial score (nSPS) is 21.1. The third-order valence-electron chi connectivity index (χ3n) is 2.39. The van der Waals surface area contributed by atoms with Crippen molar-refractivity contribution >= 4 is 33.6 Å². The van der Waals surface area contributed by atoms with E-state index in [1.165, 1.54) is 0 Å². The van der Waals surface area contributed by atoms with Crippen molar-refractivity contribution in [2.24, 2.45) is 0 Å². The monoisotopic (exact) mass is 301 g/mol. The molecule has 0 bridgehead atoms. The molecule has 0 aliphatic carbocycles. The van der Waals surface area contributed by atoms with Gasteiger partial charge in [0.2, 0.25) is 0 Å². The first-order valence-electron chi connectivity index (χ1n) is 4.46. The fraction of sp³-hybridized carbons (Fsp3) is 0.333. The highest BCUT2D eigenvalue weighted by atomic mass is 127.